The number of nitrogens with zero attached hydrogens (tertiary/aromatic N) is 5. The van der Waals surface area contributed by atoms with Crippen molar-refractivity contribution in [3.05, 3.63) is 0 Å². The van der Waals surface area contributed by atoms with E-state index < -0.39 is 6.04 Å². The normalized spacial score (nSPS) is 24.7. The first-order chi connectivity index (χ1) is 11.6. The maximum atomic E-state index is 12.8. The molecule has 0 saturated carbocycles. The summed E-state index contributed by atoms with van der Waals surface area (Å²) in [6.07, 6.45) is 6.86. The lowest BCUT2D eigenvalue weighted by Gasteiger charge is -2.33. The molecule has 2 fully saturated rings. The molecule has 3 rings (SSSR count). The standard InChI is InChI=1S/C17H28N5O2/c1-4-5-7-12-22-13-14(19(2)17(24)20(3)15(13)23)18-16(22)21-10-8-6-9-11-21/h13H,4-12H2,1-3H3/q+1. The fourth-order valence-corrected chi connectivity index (χ4v) is 3.69. The number of hydrogen-bond donors (Lipinski definition) is 0. The minimum absolute atomic E-state index is 0.166. The molecule has 1 unspecified atom stereocenters. The molecule has 2 saturated heterocycles. The minimum Gasteiger partial charge on any atom is -0.270 e. The zero-order valence-electron chi connectivity index (χ0n) is 15.0. The fraction of sp³-hybridized carbons (Fsp3) is 0.765. The Hall–Kier alpha value is -1.92. The molecule has 0 aromatic carbocycles. The maximum Gasteiger partial charge on any atom is 0.392 e. The molecule has 0 aliphatic carbocycles. The van der Waals surface area contributed by atoms with Crippen molar-refractivity contribution >= 4 is 23.7 Å². The second-order valence-electron chi connectivity index (χ2n) is 6.86. The lowest BCUT2D eigenvalue weighted by Crippen LogP contribution is -2.63. The smallest absolute Gasteiger partial charge is 0.270 e. The molecule has 3 amide bonds. The van der Waals surface area contributed by atoms with Gasteiger partial charge in [-0.25, -0.2) is 9.69 Å². The van der Waals surface area contributed by atoms with Gasteiger partial charge in [-0.3, -0.25) is 19.2 Å². The molecule has 0 N–H and O–H groups in total. The molecule has 7 nitrogen and oxygen atoms in total. The highest BCUT2D eigenvalue weighted by molar-refractivity contribution is 6.25. The van der Waals surface area contributed by atoms with Gasteiger partial charge in [-0.05, 0) is 25.7 Å². The van der Waals surface area contributed by atoms with E-state index in [1.54, 1.807) is 14.1 Å². The number of fused-ring (bicyclic) bond motifs is 1. The van der Waals surface area contributed by atoms with Gasteiger partial charge in [0.2, 0.25) is 11.9 Å². The Bertz CT molecular complexity index is 590. The Labute approximate surface area is 143 Å². The average Bonchev–Trinajstić information content (AvgIpc) is 2.99. The van der Waals surface area contributed by atoms with E-state index in [9.17, 15) is 9.59 Å². The van der Waals surface area contributed by atoms with Crippen molar-refractivity contribution in [3.8, 4) is 0 Å². The van der Waals surface area contributed by atoms with Crippen LogP contribution in [0.1, 0.15) is 45.4 Å². The van der Waals surface area contributed by atoms with E-state index in [4.69, 9.17) is 4.99 Å². The molecule has 1 atom stereocenters. The predicted octanol–water partition coefficient (Wildman–Crippen LogP) is 1.34. The zero-order valence-corrected chi connectivity index (χ0v) is 15.0. The first-order valence-electron chi connectivity index (χ1n) is 9.08. The van der Waals surface area contributed by atoms with Gasteiger partial charge < -0.3 is 0 Å². The summed E-state index contributed by atoms with van der Waals surface area (Å²) in [6, 6.07) is -0.755. The number of urea groups is 1. The molecular formula is C17H28N5O2+. The maximum absolute atomic E-state index is 12.8. The van der Waals surface area contributed by atoms with Crippen LogP contribution >= 0.6 is 0 Å². The summed E-state index contributed by atoms with van der Waals surface area (Å²) in [4.78, 5) is 34.6. The zero-order chi connectivity index (χ0) is 17.3. The molecule has 24 heavy (non-hydrogen) atoms. The third-order valence-corrected chi connectivity index (χ3v) is 5.15. The van der Waals surface area contributed by atoms with Crippen molar-refractivity contribution in [1.29, 1.82) is 0 Å². The van der Waals surface area contributed by atoms with Crippen molar-refractivity contribution < 1.29 is 14.2 Å². The van der Waals surface area contributed by atoms with E-state index in [1.165, 1.54) is 16.2 Å². The summed E-state index contributed by atoms with van der Waals surface area (Å²) in [5.41, 5.74) is 0. The lowest BCUT2D eigenvalue weighted by molar-refractivity contribution is -0.542. The van der Waals surface area contributed by atoms with Crippen LogP contribution in [0, 0.1) is 0 Å². The van der Waals surface area contributed by atoms with E-state index in [1.807, 2.05) is 0 Å². The highest BCUT2D eigenvalue weighted by atomic mass is 16.2. The van der Waals surface area contributed by atoms with Crippen molar-refractivity contribution in [2.75, 3.05) is 33.7 Å². The van der Waals surface area contributed by atoms with E-state index in [2.05, 4.69) is 16.4 Å². The van der Waals surface area contributed by atoms with E-state index in [0.29, 0.717) is 5.84 Å². The first-order valence-corrected chi connectivity index (χ1v) is 9.08. The Morgan fingerprint density at radius 3 is 2.46 bits per heavy atom. The van der Waals surface area contributed by atoms with E-state index in [-0.39, 0.29) is 11.9 Å². The summed E-state index contributed by atoms with van der Waals surface area (Å²) >= 11 is 0. The molecule has 0 radical (unpaired) electrons. The summed E-state index contributed by atoms with van der Waals surface area (Å²) in [6.45, 7) is 4.93. The molecule has 3 aliphatic heterocycles. The number of imide groups is 1. The van der Waals surface area contributed by atoms with Gasteiger partial charge in [0, 0.05) is 14.1 Å². The highest BCUT2D eigenvalue weighted by Crippen LogP contribution is 2.24. The van der Waals surface area contributed by atoms with Gasteiger partial charge in [0.05, 0.1) is 19.6 Å². The molecule has 0 aromatic rings. The van der Waals surface area contributed by atoms with Gasteiger partial charge in [0.25, 0.3) is 5.91 Å². The third kappa shape index (κ3) is 2.80. The van der Waals surface area contributed by atoms with Crippen LogP contribution in [0.5, 0.6) is 0 Å². The lowest BCUT2D eigenvalue weighted by atomic mass is 10.1. The number of carbonyl (C=O) groups excluding carboxylic acids is 2. The van der Waals surface area contributed by atoms with Crippen molar-refractivity contribution in [2.24, 2.45) is 4.99 Å². The first kappa shape index (κ1) is 16.9. The Balaban J connectivity index is 1.96. The number of aliphatic imine (C=N–C) groups is 1. The summed E-state index contributed by atoms with van der Waals surface area (Å²) in [5.74, 6) is 1.30. The van der Waals surface area contributed by atoms with Gasteiger partial charge in [-0.1, -0.05) is 24.8 Å². The van der Waals surface area contributed by atoms with Gasteiger partial charge in [-0.2, -0.15) is 0 Å². The van der Waals surface area contributed by atoms with Crippen LogP contribution in [-0.4, -0.2) is 82.8 Å². The van der Waals surface area contributed by atoms with Gasteiger partial charge in [0.15, 0.2) is 0 Å². The molecule has 3 heterocycles. The molecule has 0 bridgehead atoms. The fourth-order valence-electron chi connectivity index (χ4n) is 3.69. The van der Waals surface area contributed by atoms with Crippen molar-refractivity contribution in [2.45, 2.75) is 51.5 Å². The number of likely N-dealkylation sites (N-methyl/N-ethyl adjacent to an activating group) is 2. The van der Waals surface area contributed by atoms with Crippen molar-refractivity contribution in [1.82, 2.24) is 14.7 Å². The number of amidine groups is 1. The summed E-state index contributed by atoms with van der Waals surface area (Å²) in [5, 5.41) is 0. The summed E-state index contributed by atoms with van der Waals surface area (Å²) in [7, 11) is 3.27. The molecule has 0 aromatic heterocycles. The third-order valence-electron chi connectivity index (χ3n) is 5.15. The van der Waals surface area contributed by atoms with Crippen molar-refractivity contribution in [3.63, 3.8) is 0 Å². The molecule has 132 valence electrons. The van der Waals surface area contributed by atoms with Crippen LogP contribution in [0.15, 0.2) is 4.99 Å². The molecular weight excluding hydrogens is 306 g/mol. The Kier molecular flexibility index (Phi) is 4.87. The molecule has 3 aliphatic rings. The van der Waals surface area contributed by atoms with E-state index in [0.717, 1.165) is 57.7 Å². The Morgan fingerprint density at radius 1 is 1.08 bits per heavy atom. The highest BCUT2D eigenvalue weighted by Gasteiger charge is 2.54. The second-order valence-corrected chi connectivity index (χ2v) is 6.86. The number of hydrogen-bond acceptors (Lipinski definition) is 2. The SMILES string of the molecule is CCCCCN1C(=[N+]2CCCCC2)N=C2C1C(=O)N(C)C(=O)N2C. The largest absolute Gasteiger partial charge is 0.392 e. The van der Waals surface area contributed by atoms with Crippen LogP contribution in [0.25, 0.3) is 0 Å². The van der Waals surface area contributed by atoms with Gasteiger partial charge in [-0.15, -0.1) is 0 Å². The quantitative estimate of drug-likeness (QED) is 0.576. The monoisotopic (exact) mass is 334 g/mol. The van der Waals surface area contributed by atoms with Crippen LogP contribution in [0.4, 0.5) is 4.79 Å². The number of carbonyl (C=O) groups is 2. The second kappa shape index (κ2) is 6.91. The number of rotatable bonds is 4. The summed E-state index contributed by atoms with van der Waals surface area (Å²) < 4.78 is 2.28. The average molecular weight is 334 g/mol. The van der Waals surface area contributed by atoms with Crippen LogP contribution in [0.3, 0.4) is 0 Å². The topological polar surface area (TPSA) is 59.2 Å². The van der Waals surface area contributed by atoms with E-state index >= 15 is 0 Å². The van der Waals surface area contributed by atoms with Crippen LogP contribution in [-0.2, 0) is 4.79 Å². The van der Waals surface area contributed by atoms with Crippen LogP contribution < -0.4 is 0 Å². The number of amides is 3. The van der Waals surface area contributed by atoms with Gasteiger partial charge in [0.1, 0.15) is 0 Å². The molecule has 7 heteroatoms. The Morgan fingerprint density at radius 2 is 1.79 bits per heavy atom. The predicted molar refractivity (Wildman–Crippen MR) is 92.2 cm³/mol. The molecule has 0 spiro atoms. The number of guanidine groups is 1. The minimum atomic E-state index is -0.452. The number of unbranched alkanes of at least 4 members (excludes halogenated alkanes) is 2. The number of piperidine rings is 1. The van der Waals surface area contributed by atoms with Crippen LogP contribution in [0.2, 0.25) is 0 Å². The van der Waals surface area contributed by atoms with Gasteiger partial charge >= 0.3 is 12.0 Å².